The minimum Gasteiger partial charge on any atom is -0.395 e. The predicted molar refractivity (Wildman–Crippen MR) is 113 cm³/mol. The first-order valence-electron chi connectivity index (χ1n) is 10.0. The molecule has 1 atom stereocenters. The molecule has 34 heavy (non-hydrogen) atoms. The van der Waals surface area contributed by atoms with Crippen LogP contribution < -0.4 is 5.32 Å². The Labute approximate surface area is 190 Å². The van der Waals surface area contributed by atoms with Gasteiger partial charge in [0.1, 0.15) is 23.4 Å². The number of alkyl halides is 3. The fourth-order valence-corrected chi connectivity index (χ4v) is 3.01. The van der Waals surface area contributed by atoms with Crippen molar-refractivity contribution < 1.29 is 27.6 Å². The summed E-state index contributed by atoms with van der Waals surface area (Å²) in [5.41, 5.74) is 0.450. The number of hydrogen-bond acceptors (Lipinski definition) is 7. The van der Waals surface area contributed by atoms with Crippen molar-refractivity contribution >= 4 is 16.9 Å². The van der Waals surface area contributed by atoms with Crippen LogP contribution in [-0.2, 0) is 6.18 Å². The van der Waals surface area contributed by atoms with Crippen LogP contribution in [0.25, 0.3) is 22.6 Å². The van der Waals surface area contributed by atoms with Crippen LogP contribution in [0.4, 0.5) is 13.2 Å². The summed E-state index contributed by atoms with van der Waals surface area (Å²) < 4.78 is 44.1. The van der Waals surface area contributed by atoms with Gasteiger partial charge in [0.25, 0.3) is 5.91 Å². The largest absolute Gasteiger partial charge is 0.416 e. The van der Waals surface area contributed by atoms with Crippen molar-refractivity contribution in [2.75, 3.05) is 6.61 Å². The van der Waals surface area contributed by atoms with E-state index in [1.807, 2.05) is 0 Å². The molecule has 3 aromatic heterocycles. The van der Waals surface area contributed by atoms with E-state index in [9.17, 15) is 18.0 Å². The second-order valence-electron chi connectivity index (χ2n) is 7.19. The first-order chi connectivity index (χ1) is 16.2. The van der Waals surface area contributed by atoms with Crippen LogP contribution in [0, 0.1) is 11.8 Å². The highest BCUT2D eigenvalue weighted by Gasteiger charge is 2.31. The highest BCUT2D eigenvalue weighted by atomic mass is 19.4. The quantitative estimate of drug-likeness (QED) is 0.382. The summed E-state index contributed by atoms with van der Waals surface area (Å²) in [6.45, 7) is 1.59. The Morgan fingerprint density at radius 3 is 2.85 bits per heavy atom. The Morgan fingerprint density at radius 2 is 2.09 bits per heavy atom. The van der Waals surface area contributed by atoms with E-state index < -0.39 is 23.7 Å². The Kier molecular flexibility index (Phi) is 6.29. The number of nitrogens with one attached hydrogen (secondary N) is 2. The molecule has 0 bridgehead atoms. The normalized spacial score (nSPS) is 12.3. The Hall–Kier alpha value is -4.24. The van der Waals surface area contributed by atoms with Gasteiger partial charge in [0.05, 0.1) is 29.2 Å². The molecule has 0 spiro atoms. The average Bonchev–Trinajstić information content (AvgIpc) is 3.45. The fourth-order valence-electron chi connectivity index (χ4n) is 3.01. The van der Waals surface area contributed by atoms with E-state index in [1.165, 1.54) is 24.5 Å². The van der Waals surface area contributed by atoms with E-state index >= 15 is 0 Å². The SMILES string of the molecule is C[C@@H](NC(=O)c1cc(C#CCCO)ncn1)c1cc(-c2nc3ccc(C(F)(F)F)cc3[nH]2)no1. The zero-order chi connectivity index (χ0) is 24.3. The second-order valence-corrected chi connectivity index (χ2v) is 7.19. The summed E-state index contributed by atoms with van der Waals surface area (Å²) >= 11 is 0. The van der Waals surface area contributed by atoms with Crippen molar-refractivity contribution in [2.24, 2.45) is 0 Å². The van der Waals surface area contributed by atoms with Gasteiger partial charge in [-0.1, -0.05) is 11.1 Å². The van der Waals surface area contributed by atoms with Crippen LogP contribution in [0.1, 0.15) is 46.9 Å². The van der Waals surface area contributed by atoms with E-state index in [0.717, 1.165) is 12.1 Å². The standard InChI is InChI=1S/C22H17F3N6O3/c1-12(28-21(33)18-9-14(26-11-27-18)4-2-3-7-32)19-10-17(31-34-19)20-29-15-6-5-13(22(23,24)25)8-16(15)30-20/h5-6,8-12,32H,3,7H2,1H3,(H,28,33)(H,29,30)/t12-/m1/s1. The third kappa shape index (κ3) is 5.05. The third-order valence-electron chi connectivity index (χ3n) is 4.71. The number of halogens is 3. The maximum Gasteiger partial charge on any atom is 0.416 e. The van der Waals surface area contributed by atoms with Crippen LogP contribution in [-0.4, -0.2) is 42.7 Å². The lowest BCUT2D eigenvalue weighted by Gasteiger charge is -2.09. The lowest BCUT2D eigenvalue weighted by atomic mass is 10.2. The first-order valence-corrected chi connectivity index (χ1v) is 10.0. The van der Waals surface area contributed by atoms with Crippen molar-refractivity contribution in [3.63, 3.8) is 0 Å². The maximum absolute atomic E-state index is 12.9. The Morgan fingerprint density at radius 1 is 1.26 bits per heavy atom. The van der Waals surface area contributed by atoms with Gasteiger partial charge in [0.2, 0.25) is 0 Å². The van der Waals surface area contributed by atoms with Gasteiger partial charge in [-0.15, -0.1) is 0 Å². The van der Waals surface area contributed by atoms with Crippen molar-refractivity contribution in [2.45, 2.75) is 25.6 Å². The predicted octanol–water partition coefficient (Wildman–Crippen LogP) is 3.25. The van der Waals surface area contributed by atoms with Crippen LogP contribution in [0.2, 0.25) is 0 Å². The zero-order valence-electron chi connectivity index (χ0n) is 17.6. The van der Waals surface area contributed by atoms with Gasteiger partial charge in [-0.2, -0.15) is 13.2 Å². The molecule has 174 valence electrons. The number of aliphatic hydroxyl groups is 1. The number of rotatable bonds is 5. The number of hydrogen-bond donors (Lipinski definition) is 3. The third-order valence-corrected chi connectivity index (χ3v) is 4.71. The number of imidazole rings is 1. The smallest absolute Gasteiger partial charge is 0.395 e. The minimum absolute atomic E-state index is 0.0786. The summed E-state index contributed by atoms with van der Waals surface area (Å²) in [4.78, 5) is 27.5. The van der Waals surface area contributed by atoms with E-state index in [2.05, 4.69) is 42.3 Å². The van der Waals surface area contributed by atoms with Gasteiger partial charge < -0.3 is 19.9 Å². The molecule has 0 aliphatic carbocycles. The molecule has 1 aromatic carbocycles. The van der Waals surface area contributed by atoms with E-state index in [1.54, 1.807) is 6.92 Å². The molecule has 0 aliphatic rings. The number of benzene rings is 1. The van der Waals surface area contributed by atoms with Gasteiger partial charge in [0, 0.05) is 18.6 Å². The van der Waals surface area contributed by atoms with Crippen LogP contribution in [0.15, 0.2) is 41.2 Å². The first kappa shape index (κ1) is 22.9. The average molecular weight is 470 g/mol. The molecule has 12 heteroatoms. The summed E-state index contributed by atoms with van der Waals surface area (Å²) in [5.74, 6) is 5.47. The van der Waals surface area contributed by atoms with Gasteiger partial charge in [-0.05, 0) is 31.0 Å². The molecule has 3 heterocycles. The molecular formula is C22H17F3N6O3. The molecule has 0 fully saturated rings. The molecule has 3 N–H and O–H groups in total. The summed E-state index contributed by atoms with van der Waals surface area (Å²) in [6.07, 6.45) is -2.98. The van der Waals surface area contributed by atoms with Gasteiger partial charge in [-0.25, -0.2) is 15.0 Å². The topological polar surface area (TPSA) is 130 Å². The molecule has 4 aromatic rings. The van der Waals surface area contributed by atoms with E-state index in [4.69, 9.17) is 9.63 Å². The molecule has 0 aliphatic heterocycles. The van der Waals surface area contributed by atoms with E-state index in [-0.39, 0.29) is 35.8 Å². The molecule has 0 radical (unpaired) electrons. The van der Waals surface area contributed by atoms with Crippen molar-refractivity contribution in [3.8, 4) is 23.4 Å². The van der Waals surface area contributed by atoms with Crippen LogP contribution in [0.3, 0.4) is 0 Å². The lowest BCUT2D eigenvalue weighted by Crippen LogP contribution is -2.27. The highest BCUT2D eigenvalue weighted by molar-refractivity contribution is 5.92. The van der Waals surface area contributed by atoms with Crippen LogP contribution >= 0.6 is 0 Å². The number of carbonyl (C=O) groups excluding carboxylic acids is 1. The number of carbonyl (C=O) groups is 1. The second kappa shape index (κ2) is 9.32. The number of aromatic amines is 1. The number of H-pyrrole nitrogens is 1. The van der Waals surface area contributed by atoms with Crippen molar-refractivity contribution in [1.29, 1.82) is 0 Å². The fraction of sp³-hybridized carbons (Fsp3) is 0.227. The molecule has 0 unspecified atom stereocenters. The summed E-state index contributed by atoms with van der Waals surface area (Å²) in [7, 11) is 0. The molecule has 0 saturated heterocycles. The molecule has 4 rings (SSSR count). The number of nitrogens with zero attached hydrogens (tertiary/aromatic N) is 4. The number of aromatic nitrogens is 5. The molecule has 0 saturated carbocycles. The van der Waals surface area contributed by atoms with Crippen molar-refractivity contribution in [1.82, 2.24) is 30.4 Å². The Balaban J connectivity index is 1.48. The van der Waals surface area contributed by atoms with Crippen LogP contribution in [0.5, 0.6) is 0 Å². The lowest BCUT2D eigenvalue weighted by molar-refractivity contribution is -0.137. The summed E-state index contributed by atoms with van der Waals surface area (Å²) in [5, 5.41) is 15.4. The van der Waals surface area contributed by atoms with Crippen molar-refractivity contribution in [3.05, 3.63) is 59.4 Å². The van der Waals surface area contributed by atoms with Gasteiger partial charge in [0.15, 0.2) is 11.6 Å². The van der Waals surface area contributed by atoms with Gasteiger partial charge in [-0.3, -0.25) is 4.79 Å². The molecule has 1 amide bonds. The van der Waals surface area contributed by atoms with E-state index in [0.29, 0.717) is 17.0 Å². The maximum atomic E-state index is 12.9. The Bertz CT molecular complexity index is 1400. The number of fused-ring (bicyclic) bond motifs is 1. The highest BCUT2D eigenvalue weighted by Crippen LogP contribution is 2.31. The zero-order valence-corrected chi connectivity index (χ0v) is 17.6. The number of aliphatic hydroxyl groups excluding tert-OH is 1. The molecule has 9 nitrogen and oxygen atoms in total. The summed E-state index contributed by atoms with van der Waals surface area (Å²) in [6, 6.07) is 5.54. The molecular weight excluding hydrogens is 453 g/mol. The van der Waals surface area contributed by atoms with Gasteiger partial charge >= 0.3 is 6.18 Å². The number of amides is 1. The minimum atomic E-state index is -4.47. The monoisotopic (exact) mass is 470 g/mol.